The molecule has 0 spiro atoms. The summed E-state index contributed by atoms with van der Waals surface area (Å²) in [5.74, 6) is 0. The molecule has 4 heteroatoms. The quantitative estimate of drug-likeness (QED) is 0.796. The molecule has 2 nitrogen and oxygen atoms in total. The third-order valence-corrected chi connectivity index (χ3v) is 3.41. The van der Waals surface area contributed by atoms with E-state index in [0.29, 0.717) is 11.2 Å². The molecule has 0 aromatic carbocycles. The highest BCUT2D eigenvalue weighted by atomic mass is 79.9. The molecule has 14 heavy (non-hydrogen) atoms. The Labute approximate surface area is 97.2 Å². The van der Waals surface area contributed by atoms with Crippen molar-refractivity contribution in [2.45, 2.75) is 25.3 Å². The number of hydrogen-bond donors (Lipinski definition) is 1. The predicted molar refractivity (Wildman–Crippen MR) is 61.5 cm³/mol. The Hall–Kier alpha value is -0.120. The number of halogens is 2. The lowest BCUT2D eigenvalue weighted by molar-refractivity contribution is 0.411. The van der Waals surface area contributed by atoms with Crippen LogP contribution < -0.4 is 5.32 Å². The molecule has 1 aromatic heterocycles. The topological polar surface area (TPSA) is 24.9 Å². The summed E-state index contributed by atoms with van der Waals surface area (Å²) in [7, 11) is 0. The van der Waals surface area contributed by atoms with E-state index >= 15 is 0 Å². The summed E-state index contributed by atoms with van der Waals surface area (Å²) >= 11 is 9.38. The first-order chi connectivity index (χ1) is 6.77. The van der Waals surface area contributed by atoms with Crippen molar-refractivity contribution in [1.82, 2.24) is 10.3 Å². The minimum atomic E-state index is 0.429. The lowest BCUT2D eigenvalue weighted by Gasteiger charge is -2.24. The molecular formula is C10H12BrClN2. The van der Waals surface area contributed by atoms with Crippen molar-refractivity contribution in [2.75, 3.05) is 6.54 Å². The number of rotatable bonds is 1. The predicted octanol–water partition coefficient (Wildman–Crippen LogP) is 3.31. The van der Waals surface area contributed by atoms with Crippen molar-refractivity contribution in [1.29, 1.82) is 0 Å². The maximum Gasteiger partial charge on any atom is 0.129 e. The smallest absolute Gasteiger partial charge is 0.129 e. The van der Waals surface area contributed by atoms with Crippen LogP contribution in [0.3, 0.4) is 0 Å². The van der Waals surface area contributed by atoms with E-state index in [1.165, 1.54) is 24.8 Å². The van der Waals surface area contributed by atoms with Gasteiger partial charge in [-0.3, -0.25) is 0 Å². The molecule has 1 N–H and O–H groups in total. The summed E-state index contributed by atoms with van der Waals surface area (Å²) in [5, 5.41) is 4.05. The van der Waals surface area contributed by atoms with Gasteiger partial charge in [0.1, 0.15) is 5.15 Å². The van der Waals surface area contributed by atoms with Crippen LogP contribution in [0, 0.1) is 0 Å². The minimum Gasteiger partial charge on any atom is -0.310 e. The zero-order valence-electron chi connectivity index (χ0n) is 7.76. The first-order valence-electron chi connectivity index (χ1n) is 4.81. The van der Waals surface area contributed by atoms with Gasteiger partial charge in [-0.05, 0) is 46.9 Å². The molecule has 1 aliphatic heterocycles. The Bertz CT molecular complexity index is 324. The van der Waals surface area contributed by atoms with Gasteiger partial charge in [0, 0.05) is 16.7 Å². The molecule has 76 valence electrons. The molecular weight excluding hydrogens is 263 g/mol. The van der Waals surface area contributed by atoms with Gasteiger partial charge in [0.2, 0.25) is 0 Å². The molecule has 2 heterocycles. The van der Waals surface area contributed by atoms with Crippen LogP contribution in [-0.4, -0.2) is 11.5 Å². The van der Waals surface area contributed by atoms with E-state index in [0.717, 1.165) is 11.0 Å². The Morgan fingerprint density at radius 1 is 1.50 bits per heavy atom. The number of hydrogen-bond acceptors (Lipinski definition) is 2. The Morgan fingerprint density at radius 3 is 3.07 bits per heavy atom. The second-order valence-electron chi connectivity index (χ2n) is 3.53. The summed E-state index contributed by atoms with van der Waals surface area (Å²) in [4.78, 5) is 4.02. The fraction of sp³-hybridized carbons (Fsp3) is 0.500. The Kier molecular flexibility index (Phi) is 3.42. The maximum absolute atomic E-state index is 5.88. The highest BCUT2D eigenvalue weighted by Gasteiger charge is 2.17. The summed E-state index contributed by atoms with van der Waals surface area (Å²) < 4.78 is 1.04. The third kappa shape index (κ3) is 2.27. The first-order valence-corrected chi connectivity index (χ1v) is 5.99. The summed E-state index contributed by atoms with van der Waals surface area (Å²) in [5.41, 5.74) is 1.23. The molecule has 1 aliphatic rings. The number of pyridine rings is 1. The van der Waals surface area contributed by atoms with Crippen LogP contribution in [0.2, 0.25) is 5.15 Å². The van der Waals surface area contributed by atoms with Gasteiger partial charge in [0.25, 0.3) is 0 Å². The van der Waals surface area contributed by atoms with Crippen LogP contribution in [0.1, 0.15) is 30.9 Å². The lowest BCUT2D eigenvalue weighted by atomic mass is 9.99. The molecule has 0 aliphatic carbocycles. The average molecular weight is 276 g/mol. The highest BCUT2D eigenvalue weighted by Crippen LogP contribution is 2.29. The second kappa shape index (κ2) is 4.60. The molecule has 2 rings (SSSR count). The van der Waals surface area contributed by atoms with Crippen molar-refractivity contribution in [3.63, 3.8) is 0 Å². The molecule has 0 radical (unpaired) electrons. The van der Waals surface area contributed by atoms with E-state index in [-0.39, 0.29) is 0 Å². The average Bonchev–Trinajstić information content (AvgIpc) is 2.23. The number of piperidine rings is 1. The van der Waals surface area contributed by atoms with Gasteiger partial charge in [-0.15, -0.1) is 0 Å². The van der Waals surface area contributed by atoms with E-state index < -0.39 is 0 Å². The lowest BCUT2D eigenvalue weighted by Crippen LogP contribution is -2.27. The van der Waals surface area contributed by atoms with Crippen LogP contribution >= 0.6 is 27.5 Å². The molecule has 0 amide bonds. The van der Waals surface area contributed by atoms with Crippen LogP contribution in [-0.2, 0) is 0 Å². The van der Waals surface area contributed by atoms with Crippen LogP contribution in [0.5, 0.6) is 0 Å². The van der Waals surface area contributed by atoms with E-state index in [4.69, 9.17) is 11.6 Å². The summed E-state index contributed by atoms with van der Waals surface area (Å²) in [6.45, 7) is 1.09. The van der Waals surface area contributed by atoms with Crippen LogP contribution in [0.4, 0.5) is 0 Å². The third-order valence-electron chi connectivity index (χ3n) is 2.54. The van der Waals surface area contributed by atoms with E-state index in [9.17, 15) is 0 Å². The summed E-state index contributed by atoms with van der Waals surface area (Å²) in [6.07, 6.45) is 5.50. The maximum atomic E-state index is 5.88. The molecule has 1 unspecified atom stereocenters. The largest absolute Gasteiger partial charge is 0.310 e. The van der Waals surface area contributed by atoms with Gasteiger partial charge < -0.3 is 5.32 Å². The van der Waals surface area contributed by atoms with Gasteiger partial charge in [0.05, 0.1) is 0 Å². The molecule has 1 fully saturated rings. The second-order valence-corrected chi connectivity index (χ2v) is 4.77. The summed E-state index contributed by atoms with van der Waals surface area (Å²) in [6, 6.07) is 2.37. The van der Waals surface area contributed by atoms with Gasteiger partial charge in [-0.1, -0.05) is 18.0 Å². The van der Waals surface area contributed by atoms with Crippen LogP contribution in [0.15, 0.2) is 16.7 Å². The van der Waals surface area contributed by atoms with Gasteiger partial charge in [0.15, 0.2) is 0 Å². The van der Waals surface area contributed by atoms with E-state index in [2.05, 4.69) is 26.2 Å². The molecule has 0 bridgehead atoms. The standard InChI is InChI=1S/C10H12BrClN2/c11-8-6-14-10(12)5-7(8)9-3-1-2-4-13-9/h5-6,9,13H,1-4H2. The highest BCUT2D eigenvalue weighted by molar-refractivity contribution is 9.10. The normalized spacial score (nSPS) is 22.3. The molecule has 1 aromatic rings. The van der Waals surface area contributed by atoms with Crippen molar-refractivity contribution in [3.8, 4) is 0 Å². The zero-order valence-corrected chi connectivity index (χ0v) is 10.1. The minimum absolute atomic E-state index is 0.429. The van der Waals surface area contributed by atoms with Crippen molar-refractivity contribution < 1.29 is 0 Å². The Balaban J connectivity index is 2.24. The van der Waals surface area contributed by atoms with E-state index in [1.807, 2.05) is 6.07 Å². The first kappa shape index (κ1) is 10.4. The van der Waals surface area contributed by atoms with Crippen molar-refractivity contribution in [3.05, 3.63) is 27.5 Å². The monoisotopic (exact) mass is 274 g/mol. The molecule has 1 saturated heterocycles. The number of aromatic nitrogens is 1. The molecule has 1 atom stereocenters. The van der Waals surface area contributed by atoms with E-state index in [1.54, 1.807) is 6.20 Å². The van der Waals surface area contributed by atoms with Gasteiger partial charge in [-0.2, -0.15) is 0 Å². The number of nitrogens with one attached hydrogen (secondary N) is 1. The Morgan fingerprint density at radius 2 is 2.36 bits per heavy atom. The number of nitrogens with zero attached hydrogens (tertiary/aromatic N) is 1. The van der Waals surface area contributed by atoms with Gasteiger partial charge in [-0.25, -0.2) is 4.98 Å². The van der Waals surface area contributed by atoms with Crippen molar-refractivity contribution >= 4 is 27.5 Å². The fourth-order valence-corrected chi connectivity index (χ4v) is 2.47. The zero-order chi connectivity index (χ0) is 9.97. The molecule has 0 saturated carbocycles. The van der Waals surface area contributed by atoms with Crippen LogP contribution in [0.25, 0.3) is 0 Å². The fourth-order valence-electron chi connectivity index (χ4n) is 1.81. The van der Waals surface area contributed by atoms with Crippen molar-refractivity contribution in [2.24, 2.45) is 0 Å². The van der Waals surface area contributed by atoms with Gasteiger partial charge >= 0.3 is 0 Å². The SMILES string of the molecule is Clc1cc(C2CCCCN2)c(Br)cn1.